The van der Waals surface area contributed by atoms with E-state index in [2.05, 4.69) is 9.72 Å². The number of carbonyl (C=O) groups is 1. The number of carbonyl (C=O) groups excluding carboxylic acids is 1. The molecule has 0 bridgehead atoms. The molecular formula is C12H10N2O3S. The maximum absolute atomic E-state index is 11.4. The predicted molar refractivity (Wildman–Crippen MR) is 66.8 cm³/mol. The van der Waals surface area contributed by atoms with E-state index in [-0.39, 0.29) is 5.97 Å². The SMILES string of the molecule is COC(=O)c1cn2c(C)c(-c3ccco3)nc2s1. The third kappa shape index (κ3) is 1.53. The first kappa shape index (κ1) is 11.0. The van der Waals surface area contributed by atoms with Crippen molar-refractivity contribution in [2.75, 3.05) is 7.11 Å². The number of hydrogen-bond donors (Lipinski definition) is 0. The second-order valence-electron chi connectivity index (χ2n) is 3.76. The zero-order chi connectivity index (χ0) is 12.7. The molecule has 92 valence electrons. The molecule has 0 amide bonds. The largest absolute Gasteiger partial charge is 0.465 e. The van der Waals surface area contributed by atoms with Gasteiger partial charge >= 0.3 is 5.97 Å². The Labute approximate surface area is 107 Å². The summed E-state index contributed by atoms with van der Waals surface area (Å²) in [6.07, 6.45) is 3.35. The fourth-order valence-corrected chi connectivity index (χ4v) is 2.74. The number of methoxy groups -OCH3 is 1. The monoisotopic (exact) mass is 262 g/mol. The van der Waals surface area contributed by atoms with Crippen molar-refractivity contribution < 1.29 is 13.9 Å². The minimum atomic E-state index is -0.343. The molecule has 0 aliphatic carbocycles. The lowest BCUT2D eigenvalue weighted by molar-refractivity contribution is 0.0606. The Kier molecular flexibility index (Phi) is 2.45. The van der Waals surface area contributed by atoms with Gasteiger partial charge in [0.2, 0.25) is 0 Å². The molecule has 0 aliphatic heterocycles. The van der Waals surface area contributed by atoms with Crippen LogP contribution in [-0.2, 0) is 4.74 Å². The summed E-state index contributed by atoms with van der Waals surface area (Å²) in [5.41, 5.74) is 1.73. The van der Waals surface area contributed by atoms with Crippen molar-refractivity contribution in [1.29, 1.82) is 0 Å². The Morgan fingerprint density at radius 2 is 2.39 bits per heavy atom. The highest BCUT2D eigenvalue weighted by Crippen LogP contribution is 2.28. The molecule has 0 radical (unpaired) electrons. The van der Waals surface area contributed by atoms with Crippen LogP contribution in [0.4, 0.5) is 0 Å². The third-order valence-electron chi connectivity index (χ3n) is 2.71. The zero-order valence-corrected chi connectivity index (χ0v) is 10.7. The van der Waals surface area contributed by atoms with Gasteiger partial charge in [-0.05, 0) is 19.1 Å². The number of esters is 1. The predicted octanol–water partition coefficient (Wildman–Crippen LogP) is 2.75. The van der Waals surface area contributed by atoms with E-state index in [1.54, 1.807) is 12.5 Å². The molecule has 18 heavy (non-hydrogen) atoms. The van der Waals surface area contributed by atoms with Gasteiger partial charge in [-0.1, -0.05) is 11.3 Å². The van der Waals surface area contributed by atoms with Crippen LogP contribution < -0.4 is 0 Å². The molecule has 0 saturated heterocycles. The maximum atomic E-state index is 11.4. The van der Waals surface area contributed by atoms with Crippen molar-refractivity contribution in [1.82, 2.24) is 9.38 Å². The Balaban J connectivity index is 2.14. The zero-order valence-electron chi connectivity index (χ0n) is 9.84. The van der Waals surface area contributed by atoms with E-state index in [9.17, 15) is 4.79 Å². The van der Waals surface area contributed by atoms with Crippen LogP contribution in [0.25, 0.3) is 16.4 Å². The quantitative estimate of drug-likeness (QED) is 0.666. The summed E-state index contributed by atoms with van der Waals surface area (Å²) in [5, 5.41) is 0. The van der Waals surface area contributed by atoms with Crippen LogP contribution in [0, 0.1) is 6.92 Å². The second kappa shape index (κ2) is 3.99. The molecule has 6 heteroatoms. The van der Waals surface area contributed by atoms with Crippen LogP contribution in [0.15, 0.2) is 29.0 Å². The molecule has 0 N–H and O–H groups in total. The van der Waals surface area contributed by atoms with Crippen molar-refractivity contribution in [2.24, 2.45) is 0 Å². The summed E-state index contributed by atoms with van der Waals surface area (Å²) in [4.78, 5) is 17.2. The van der Waals surface area contributed by atoms with Crippen LogP contribution in [0.3, 0.4) is 0 Å². The number of aryl methyl sites for hydroxylation is 1. The number of aromatic nitrogens is 2. The average molecular weight is 262 g/mol. The molecule has 5 nitrogen and oxygen atoms in total. The first-order valence-corrected chi connectivity index (χ1v) is 6.13. The Morgan fingerprint density at radius 3 is 3.00 bits per heavy atom. The molecule has 3 aromatic heterocycles. The molecule has 0 fully saturated rings. The van der Waals surface area contributed by atoms with Crippen LogP contribution in [0.2, 0.25) is 0 Å². The van der Waals surface area contributed by atoms with Crippen molar-refractivity contribution in [2.45, 2.75) is 6.92 Å². The highest BCUT2D eigenvalue weighted by atomic mass is 32.1. The molecule has 0 spiro atoms. The van der Waals surface area contributed by atoms with Gasteiger partial charge in [-0.2, -0.15) is 0 Å². The number of furan rings is 1. The minimum absolute atomic E-state index is 0.343. The smallest absolute Gasteiger partial charge is 0.349 e. The minimum Gasteiger partial charge on any atom is -0.465 e. The van der Waals surface area contributed by atoms with Crippen molar-refractivity contribution >= 4 is 22.3 Å². The summed E-state index contributed by atoms with van der Waals surface area (Å²) >= 11 is 1.30. The van der Waals surface area contributed by atoms with Crippen molar-refractivity contribution in [3.8, 4) is 11.5 Å². The molecule has 0 aliphatic rings. The molecule has 0 unspecified atom stereocenters. The van der Waals surface area contributed by atoms with E-state index >= 15 is 0 Å². The topological polar surface area (TPSA) is 56.7 Å². The molecule has 3 rings (SSSR count). The van der Waals surface area contributed by atoms with E-state index in [4.69, 9.17) is 4.42 Å². The van der Waals surface area contributed by atoms with Gasteiger partial charge in [0.15, 0.2) is 10.7 Å². The van der Waals surface area contributed by atoms with Crippen LogP contribution in [0.5, 0.6) is 0 Å². The lowest BCUT2D eigenvalue weighted by Gasteiger charge is -1.94. The Morgan fingerprint density at radius 1 is 1.56 bits per heavy atom. The second-order valence-corrected chi connectivity index (χ2v) is 4.77. The Bertz CT molecular complexity index is 709. The van der Waals surface area contributed by atoms with Gasteiger partial charge in [0.25, 0.3) is 0 Å². The number of fused-ring (bicyclic) bond motifs is 1. The fourth-order valence-electron chi connectivity index (χ4n) is 1.80. The van der Waals surface area contributed by atoms with E-state index in [0.29, 0.717) is 4.88 Å². The standard InChI is InChI=1S/C12H10N2O3S/c1-7-10(8-4-3-5-17-8)13-12-14(7)6-9(18-12)11(15)16-2/h3-6H,1-2H3. The van der Waals surface area contributed by atoms with Gasteiger partial charge in [-0.25, -0.2) is 9.78 Å². The molecule has 3 aromatic rings. The van der Waals surface area contributed by atoms with Crippen molar-refractivity contribution in [3.05, 3.63) is 35.2 Å². The van der Waals surface area contributed by atoms with Crippen LogP contribution >= 0.6 is 11.3 Å². The van der Waals surface area contributed by atoms with E-state index in [1.807, 2.05) is 23.5 Å². The molecule has 0 aromatic carbocycles. The molecule has 0 atom stereocenters. The Hall–Kier alpha value is -2.08. The highest BCUT2D eigenvalue weighted by Gasteiger charge is 2.17. The highest BCUT2D eigenvalue weighted by molar-refractivity contribution is 7.18. The number of hydrogen-bond acceptors (Lipinski definition) is 5. The van der Waals surface area contributed by atoms with Crippen LogP contribution in [-0.4, -0.2) is 22.5 Å². The van der Waals surface area contributed by atoms with E-state index in [0.717, 1.165) is 22.1 Å². The van der Waals surface area contributed by atoms with Gasteiger partial charge < -0.3 is 9.15 Å². The lowest BCUT2D eigenvalue weighted by atomic mass is 10.3. The lowest BCUT2D eigenvalue weighted by Crippen LogP contribution is -1.97. The molecular weight excluding hydrogens is 252 g/mol. The average Bonchev–Trinajstić information content (AvgIpc) is 3.05. The van der Waals surface area contributed by atoms with E-state index in [1.165, 1.54) is 18.4 Å². The number of nitrogens with zero attached hydrogens (tertiary/aromatic N) is 2. The van der Waals surface area contributed by atoms with Crippen molar-refractivity contribution in [3.63, 3.8) is 0 Å². The van der Waals surface area contributed by atoms with Gasteiger partial charge in [0.05, 0.1) is 19.1 Å². The normalized spacial score (nSPS) is 11.0. The fraction of sp³-hybridized carbons (Fsp3) is 0.167. The first-order chi connectivity index (χ1) is 8.70. The third-order valence-corrected chi connectivity index (χ3v) is 3.67. The van der Waals surface area contributed by atoms with Gasteiger partial charge in [0.1, 0.15) is 10.6 Å². The number of thiazole rings is 1. The van der Waals surface area contributed by atoms with Gasteiger partial charge in [0, 0.05) is 6.20 Å². The van der Waals surface area contributed by atoms with Crippen LogP contribution in [0.1, 0.15) is 15.4 Å². The summed E-state index contributed by atoms with van der Waals surface area (Å²) in [7, 11) is 1.37. The number of imidazole rings is 1. The van der Waals surface area contributed by atoms with Gasteiger partial charge in [-0.15, -0.1) is 0 Å². The number of ether oxygens (including phenoxy) is 1. The summed E-state index contributed by atoms with van der Waals surface area (Å²) in [6, 6.07) is 3.68. The number of rotatable bonds is 2. The first-order valence-electron chi connectivity index (χ1n) is 5.31. The molecule has 0 saturated carbocycles. The summed E-state index contributed by atoms with van der Waals surface area (Å²) in [5.74, 6) is 0.382. The summed E-state index contributed by atoms with van der Waals surface area (Å²) < 4.78 is 11.9. The maximum Gasteiger partial charge on any atom is 0.349 e. The van der Waals surface area contributed by atoms with E-state index < -0.39 is 0 Å². The van der Waals surface area contributed by atoms with Gasteiger partial charge in [-0.3, -0.25) is 4.40 Å². The molecule has 3 heterocycles. The summed E-state index contributed by atoms with van der Waals surface area (Å²) in [6.45, 7) is 1.94.